The van der Waals surface area contributed by atoms with Crippen molar-refractivity contribution in [2.24, 2.45) is 0 Å². The van der Waals surface area contributed by atoms with Crippen LogP contribution in [0.3, 0.4) is 0 Å². The van der Waals surface area contributed by atoms with E-state index in [2.05, 4.69) is 24.3 Å². The first-order valence-corrected chi connectivity index (χ1v) is 6.04. The van der Waals surface area contributed by atoms with Crippen molar-refractivity contribution in [1.29, 1.82) is 0 Å². The fourth-order valence-electron chi connectivity index (χ4n) is 1.42. The topological polar surface area (TPSA) is 48.3 Å². The first kappa shape index (κ1) is 14.0. The van der Waals surface area contributed by atoms with Crippen LogP contribution in [0.25, 0.3) is 0 Å². The van der Waals surface area contributed by atoms with Gasteiger partial charge in [0, 0.05) is 26.2 Å². The Kier molecular flexibility index (Phi) is 6.00. The summed E-state index contributed by atoms with van der Waals surface area (Å²) in [5.41, 5.74) is 0. The zero-order valence-corrected chi connectivity index (χ0v) is 11.1. The number of rotatable bonds is 8. The monoisotopic (exact) mass is 241 g/mol. The number of hydrogen-bond acceptors (Lipinski definition) is 4. The van der Waals surface area contributed by atoms with Crippen LogP contribution in [0.5, 0.6) is 5.75 Å². The summed E-state index contributed by atoms with van der Waals surface area (Å²) < 4.78 is 12.6. The van der Waals surface area contributed by atoms with Gasteiger partial charge in [0.05, 0.1) is 19.0 Å². The van der Waals surface area contributed by atoms with E-state index in [0.29, 0.717) is 6.04 Å². The Balaban J connectivity index is 2.27. The number of ether oxygens (including phenoxy) is 2. The molecule has 5 nitrogen and oxygen atoms in total. The van der Waals surface area contributed by atoms with Crippen LogP contribution < -0.4 is 10.1 Å². The van der Waals surface area contributed by atoms with Crippen LogP contribution in [0.2, 0.25) is 0 Å². The Morgan fingerprint density at radius 2 is 2.18 bits per heavy atom. The third-order valence-corrected chi connectivity index (χ3v) is 2.36. The van der Waals surface area contributed by atoms with E-state index in [9.17, 15) is 0 Å². The molecule has 0 aliphatic carbocycles. The lowest BCUT2D eigenvalue weighted by molar-refractivity contribution is 0.184. The number of nitrogens with zero attached hydrogens (tertiary/aromatic N) is 2. The number of aromatic nitrogens is 2. The maximum absolute atomic E-state index is 5.74. The number of methoxy groups -OCH3 is 1. The molecule has 1 N–H and O–H groups in total. The molecule has 0 aliphatic rings. The van der Waals surface area contributed by atoms with Gasteiger partial charge in [0.2, 0.25) is 0 Å². The molecule has 0 radical (unpaired) electrons. The maximum atomic E-state index is 5.74. The fraction of sp³-hybridized carbons (Fsp3) is 0.750. The van der Waals surface area contributed by atoms with Crippen LogP contribution in [0.4, 0.5) is 0 Å². The summed E-state index contributed by atoms with van der Waals surface area (Å²) in [6.07, 6.45) is 3.80. The Bertz CT molecular complexity index is 312. The highest BCUT2D eigenvalue weighted by atomic mass is 16.5. The zero-order valence-electron chi connectivity index (χ0n) is 11.1. The first-order chi connectivity index (χ1) is 8.13. The molecule has 1 rings (SSSR count). The van der Waals surface area contributed by atoms with E-state index in [0.717, 1.165) is 25.4 Å². The molecule has 0 fully saturated rings. The van der Waals surface area contributed by atoms with Crippen molar-refractivity contribution in [3.63, 3.8) is 0 Å². The maximum Gasteiger partial charge on any atom is 0.157 e. The summed E-state index contributed by atoms with van der Waals surface area (Å²) in [5.74, 6) is 0.819. The van der Waals surface area contributed by atoms with E-state index >= 15 is 0 Å². The molecule has 1 aromatic heterocycles. The first-order valence-electron chi connectivity index (χ1n) is 6.04. The van der Waals surface area contributed by atoms with Crippen molar-refractivity contribution in [3.8, 4) is 5.75 Å². The Labute approximate surface area is 103 Å². The Morgan fingerprint density at radius 3 is 2.76 bits per heavy atom. The predicted molar refractivity (Wildman–Crippen MR) is 67.4 cm³/mol. The highest BCUT2D eigenvalue weighted by molar-refractivity contribution is 5.12. The van der Waals surface area contributed by atoms with Crippen molar-refractivity contribution < 1.29 is 9.47 Å². The zero-order chi connectivity index (χ0) is 12.7. The molecule has 0 bridgehead atoms. The van der Waals surface area contributed by atoms with Gasteiger partial charge in [0.15, 0.2) is 5.75 Å². The second-order valence-electron chi connectivity index (χ2n) is 4.38. The Morgan fingerprint density at radius 1 is 1.41 bits per heavy atom. The average molecular weight is 241 g/mol. The van der Waals surface area contributed by atoms with Crippen molar-refractivity contribution in [2.45, 2.75) is 32.9 Å². The van der Waals surface area contributed by atoms with Gasteiger partial charge in [-0.3, -0.25) is 4.68 Å². The van der Waals surface area contributed by atoms with Gasteiger partial charge in [-0.05, 0) is 20.8 Å². The highest BCUT2D eigenvalue weighted by Crippen LogP contribution is 2.13. The molecular formula is C12H23N3O2. The lowest BCUT2D eigenvalue weighted by atomic mass is 10.4. The summed E-state index contributed by atoms with van der Waals surface area (Å²) in [6, 6.07) is 0.363. The molecular weight excluding hydrogens is 218 g/mol. The van der Waals surface area contributed by atoms with Gasteiger partial charge in [0.25, 0.3) is 0 Å². The molecule has 1 atom stereocenters. The van der Waals surface area contributed by atoms with Gasteiger partial charge in [-0.1, -0.05) is 0 Å². The number of nitrogens with one attached hydrogen (secondary N) is 1. The number of hydrogen-bond donors (Lipinski definition) is 1. The molecule has 1 heterocycles. The van der Waals surface area contributed by atoms with Crippen LogP contribution >= 0.6 is 0 Å². The summed E-state index contributed by atoms with van der Waals surface area (Å²) in [5, 5.41) is 7.49. The van der Waals surface area contributed by atoms with E-state index in [1.54, 1.807) is 13.3 Å². The van der Waals surface area contributed by atoms with Gasteiger partial charge in [-0.25, -0.2) is 0 Å². The predicted octanol–water partition coefficient (Wildman–Crippen LogP) is 1.47. The lowest BCUT2D eigenvalue weighted by Crippen LogP contribution is -2.31. The third kappa shape index (κ3) is 5.19. The van der Waals surface area contributed by atoms with Crippen LogP contribution in [-0.4, -0.2) is 42.7 Å². The molecule has 5 heteroatoms. The lowest BCUT2D eigenvalue weighted by Gasteiger charge is -2.13. The van der Waals surface area contributed by atoms with E-state index < -0.39 is 0 Å². The normalized spacial score (nSPS) is 13.0. The molecule has 0 amide bonds. The summed E-state index contributed by atoms with van der Waals surface area (Å²) in [7, 11) is 1.70. The summed E-state index contributed by atoms with van der Waals surface area (Å²) >= 11 is 0. The molecule has 0 spiro atoms. The van der Waals surface area contributed by atoms with Crippen molar-refractivity contribution in [2.75, 3.05) is 26.8 Å². The van der Waals surface area contributed by atoms with Crippen LogP contribution in [0.1, 0.15) is 26.8 Å². The standard InChI is InChI=1S/C12H23N3O2/c1-10(2)15-9-12(8-14-15)17-11(3)7-13-5-6-16-4/h8-11,13H,5-7H2,1-4H3. The SMILES string of the molecule is COCCNCC(C)Oc1cnn(C(C)C)c1. The minimum absolute atomic E-state index is 0.122. The van der Waals surface area contributed by atoms with Gasteiger partial charge < -0.3 is 14.8 Å². The Hall–Kier alpha value is -1.07. The minimum Gasteiger partial charge on any atom is -0.486 e. The smallest absolute Gasteiger partial charge is 0.157 e. The molecule has 0 aromatic carbocycles. The van der Waals surface area contributed by atoms with Crippen molar-refractivity contribution >= 4 is 0 Å². The molecule has 17 heavy (non-hydrogen) atoms. The van der Waals surface area contributed by atoms with Crippen LogP contribution in [0, 0.1) is 0 Å². The molecule has 98 valence electrons. The van der Waals surface area contributed by atoms with E-state index in [-0.39, 0.29) is 6.10 Å². The summed E-state index contributed by atoms with van der Waals surface area (Å²) in [6.45, 7) is 8.58. The molecule has 0 aliphatic heterocycles. The minimum atomic E-state index is 0.122. The van der Waals surface area contributed by atoms with E-state index in [4.69, 9.17) is 9.47 Å². The van der Waals surface area contributed by atoms with Gasteiger partial charge in [0.1, 0.15) is 6.10 Å². The van der Waals surface area contributed by atoms with Crippen LogP contribution in [-0.2, 0) is 4.74 Å². The van der Waals surface area contributed by atoms with Gasteiger partial charge in [-0.15, -0.1) is 0 Å². The average Bonchev–Trinajstić information content (AvgIpc) is 2.73. The van der Waals surface area contributed by atoms with Crippen LogP contribution in [0.15, 0.2) is 12.4 Å². The fourth-order valence-corrected chi connectivity index (χ4v) is 1.42. The van der Waals surface area contributed by atoms with Gasteiger partial charge >= 0.3 is 0 Å². The molecule has 0 saturated carbocycles. The molecule has 1 aromatic rings. The largest absolute Gasteiger partial charge is 0.486 e. The summed E-state index contributed by atoms with van der Waals surface area (Å²) in [4.78, 5) is 0. The van der Waals surface area contributed by atoms with Crippen molar-refractivity contribution in [3.05, 3.63) is 12.4 Å². The van der Waals surface area contributed by atoms with E-state index in [1.807, 2.05) is 17.8 Å². The second kappa shape index (κ2) is 7.29. The molecule has 1 unspecified atom stereocenters. The third-order valence-electron chi connectivity index (χ3n) is 2.36. The second-order valence-corrected chi connectivity index (χ2v) is 4.38. The highest BCUT2D eigenvalue weighted by Gasteiger charge is 2.06. The van der Waals surface area contributed by atoms with Gasteiger partial charge in [-0.2, -0.15) is 5.10 Å². The quantitative estimate of drug-likeness (QED) is 0.700. The molecule has 0 saturated heterocycles. The van der Waals surface area contributed by atoms with E-state index in [1.165, 1.54) is 0 Å². The van der Waals surface area contributed by atoms with Crippen molar-refractivity contribution in [1.82, 2.24) is 15.1 Å².